The molecule has 1 aliphatic heterocycles. The number of amides is 1. The third-order valence-corrected chi connectivity index (χ3v) is 6.70. The molecule has 0 bridgehead atoms. The molecule has 170 valence electrons. The molecule has 0 atom stereocenters. The molecule has 1 amide bonds. The van der Waals surface area contributed by atoms with Crippen molar-refractivity contribution in [1.82, 2.24) is 24.9 Å². The fourth-order valence-electron chi connectivity index (χ4n) is 4.31. The number of carbonyl (C=O) groups excluding carboxylic acids is 1. The summed E-state index contributed by atoms with van der Waals surface area (Å²) in [6, 6.07) is 13.6. The summed E-state index contributed by atoms with van der Waals surface area (Å²) in [5, 5.41) is 16.9. The third-order valence-electron chi connectivity index (χ3n) is 6.26. The van der Waals surface area contributed by atoms with Gasteiger partial charge in [0.2, 0.25) is 0 Å². The number of hydrogen-bond donors (Lipinski definition) is 1. The Bertz CT molecular complexity index is 1380. The molecular weight excluding hydrogens is 494 g/mol. The number of aromatic nitrogens is 4. The van der Waals surface area contributed by atoms with Gasteiger partial charge in [-0.3, -0.25) is 9.78 Å². The smallest absolute Gasteiger partial charge is 0.270 e. The number of carbonyl (C=O) groups is 1. The van der Waals surface area contributed by atoms with Gasteiger partial charge in [-0.2, -0.15) is 10.4 Å². The van der Waals surface area contributed by atoms with Crippen molar-refractivity contribution in [3.63, 3.8) is 0 Å². The lowest BCUT2D eigenvalue weighted by Gasteiger charge is -2.40. The molecule has 5 heterocycles. The summed E-state index contributed by atoms with van der Waals surface area (Å²) < 4.78 is 2.58. The maximum absolute atomic E-state index is 12.6. The predicted molar refractivity (Wildman–Crippen MR) is 132 cm³/mol. The second-order valence-electron chi connectivity index (χ2n) is 8.66. The lowest BCUT2D eigenvalue weighted by molar-refractivity contribution is 0.0886. The zero-order chi connectivity index (χ0) is 23.7. The second kappa shape index (κ2) is 8.88. The number of pyridine rings is 3. The van der Waals surface area contributed by atoms with Gasteiger partial charge in [-0.25, -0.2) is 9.50 Å². The number of piperidine rings is 1. The van der Waals surface area contributed by atoms with Crippen LogP contribution >= 0.6 is 15.9 Å². The van der Waals surface area contributed by atoms with Crippen molar-refractivity contribution in [3.05, 3.63) is 76.9 Å². The van der Waals surface area contributed by atoms with Crippen molar-refractivity contribution in [1.29, 1.82) is 5.26 Å². The first kappa shape index (κ1) is 22.0. The van der Waals surface area contributed by atoms with E-state index in [1.54, 1.807) is 29.0 Å². The molecule has 34 heavy (non-hydrogen) atoms. The van der Waals surface area contributed by atoms with Crippen LogP contribution in [0.5, 0.6) is 0 Å². The average Bonchev–Trinajstić information content (AvgIpc) is 3.27. The summed E-state index contributed by atoms with van der Waals surface area (Å²) in [4.78, 5) is 23.6. The number of nitrogens with one attached hydrogen (secondary N) is 1. The summed E-state index contributed by atoms with van der Waals surface area (Å²) in [6.45, 7) is 3.65. The van der Waals surface area contributed by atoms with Crippen LogP contribution in [0.15, 0.2) is 65.7 Å². The highest BCUT2D eigenvalue weighted by atomic mass is 79.9. The van der Waals surface area contributed by atoms with E-state index in [9.17, 15) is 10.1 Å². The monoisotopic (exact) mass is 515 g/mol. The van der Waals surface area contributed by atoms with Crippen LogP contribution in [0.3, 0.4) is 0 Å². The molecule has 1 aliphatic rings. The molecule has 5 rings (SSSR count). The zero-order valence-corrected chi connectivity index (χ0v) is 20.2. The first-order valence-electron chi connectivity index (χ1n) is 11.0. The largest absolute Gasteiger partial charge is 0.356 e. The summed E-state index contributed by atoms with van der Waals surface area (Å²) >= 11 is 3.52. The Morgan fingerprint density at radius 3 is 2.68 bits per heavy atom. The van der Waals surface area contributed by atoms with Crippen LogP contribution in [-0.2, 0) is 0 Å². The van der Waals surface area contributed by atoms with Crippen LogP contribution in [0.4, 0.5) is 5.82 Å². The quantitative estimate of drug-likeness (QED) is 0.436. The van der Waals surface area contributed by atoms with Gasteiger partial charge in [0.15, 0.2) is 0 Å². The molecule has 0 aliphatic carbocycles. The van der Waals surface area contributed by atoms with Gasteiger partial charge >= 0.3 is 0 Å². The molecule has 0 saturated carbocycles. The topological polar surface area (TPSA) is 99.2 Å². The summed E-state index contributed by atoms with van der Waals surface area (Å²) in [7, 11) is 0. The molecule has 4 aromatic heterocycles. The van der Waals surface area contributed by atoms with Gasteiger partial charge in [0, 0.05) is 52.8 Å². The lowest BCUT2D eigenvalue weighted by Crippen LogP contribution is -2.53. The fraction of sp³-hybridized carbons (Fsp3) is 0.240. The van der Waals surface area contributed by atoms with Crippen molar-refractivity contribution < 1.29 is 4.79 Å². The van der Waals surface area contributed by atoms with E-state index in [1.807, 2.05) is 36.7 Å². The Labute approximate surface area is 205 Å². The van der Waals surface area contributed by atoms with Crippen molar-refractivity contribution in [2.24, 2.45) is 0 Å². The molecule has 0 unspecified atom stereocenters. The number of anilines is 1. The van der Waals surface area contributed by atoms with Crippen LogP contribution in [-0.4, -0.2) is 44.1 Å². The van der Waals surface area contributed by atoms with E-state index in [-0.39, 0.29) is 11.4 Å². The Morgan fingerprint density at radius 2 is 2.00 bits per heavy atom. The molecule has 1 fully saturated rings. The van der Waals surface area contributed by atoms with Crippen LogP contribution in [0.1, 0.15) is 35.8 Å². The van der Waals surface area contributed by atoms with Crippen LogP contribution in [0, 0.1) is 11.3 Å². The predicted octanol–water partition coefficient (Wildman–Crippen LogP) is 4.21. The van der Waals surface area contributed by atoms with Crippen LogP contribution in [0.25, 0.3) is 16.6 Å². The maximum Gasteiger partial charge on any atom is 0.270 e. The Balaban J connectivity index is 1.30. The molecule has 4 aromatic rings. The number of nitriles is 1. The van der Waals surface area contributed by atoms with Gasteiger partial charge in [0.25, 0.3) is 5.91 Å². The van der Waals surface area contributed by atoms with Crippen molar-refractivity contribution in [3.8, 4) is 17.2 Å². The molecule has 0 aromatic carbocycles. The number of halogens is 1. The number of nitrogens with zero attached hydrogens (tertiary/aromatic N) is 6. The Morgan fingerprint density at radius 1 is 1.18 bits per heavy atom. The van der Waals surface area contributed by atoms with Gasteiger partial charge in [0.1, 0.15) is 17.6 Å². The minimum Gasteiger partial charge on any atom is -0.356 e. The standard InChI is InChI=1S/C25H22BrN7O/c1-25(31-24(34)21-4-2-3-9-28-21)7-10-32(11-8-25)22-6-5-17(14-29-22)20-12-19(26)16-33-23(20)18(13-27)15-30-33/h2-6,9,12,14-16H,7-8,10-11H2,1H3,(H,31,34). The van der Waals surface area contributed by atoms with E-state index < -0.39 is 0 Å². The van der Waals surface area contributed by atoms with Gasteiger partial charge in [-0.1, -0.05) is 6.07 Å². The summed E-state index contributed by atoms with van der Waals surface area (Å²) in [6.07, 6.45) is 8.48. The highest BCUT2D eigenvalue weighted by Gasteiger charge is 2.32. The SMILES string of the molecule is CC1(NC(=O)c2ccccn2)CCN(c2ccc(-c3cc(Br)cn4ncc(C#N)c34)cn2)CC1. The molecule has 9 heteroatoms. The van der Waals surface area contributed by atoms with E-state index in [0.717, 1.165) is 52.9 Å². The highest BCUT2D eigenvalue weighted by molar-refractivity contribution is 9.10. The van der Waals surface area contributed by atoms with E-state index in [1.165, 1.54) is 0 Å². The first-order valence-corrected chi connectivity index (χ1v) is 11.8. The van der Waals surface area contributed by atoms with E-state index in [4.69, 9.17) is 4.98 Å². The van der Waals surface area contributed by atoms with Crippen LogP contribution in [0.2, 0.25) is 0 Å². The second-order valence-corrected chi connectivity index (χ2v) is 9.57. The zero-order valence-electron chi connectivity index (χ0n) is 18.6. The van der Waals surface area contributed by atoms with Crippen LogP contribution < -0.4 is 10.2 Å². The Kier molecular flexibility index (Phi) is 5.75. The molecular formula is C25H22BrN7O. The molecule has 0 radical (unpaired) electrons. The first-order chi connectivity index (χ1) is 16.5. The summed E-state index contributed by atoms with van der Waals surface area (Å²) in [5.41, 5.74) is 3.24. The molecule has 1 N–H and O–H groups in total. The lowest BCUT2D eigenvalue weighted by atomic mass is 9.89. The molecule has 1 saturated heterocycles. The average molecular weight is 516 g/mol. The third kappa shape index (κ3) is 4.24. The number of rotatable bonds is 4. The minimum absolute atomic E-state index is 0.143. The highest BCUT2D eigenvalue weighted by Crippen LogP contribution is 2.31. The van der Waals surface area contributed by atoms with Gasteiger partial charge in [-0.05, 0) is 66.0 Å². The molecule has 8 nitrogen and oxygen atoms in total. The minimum atomic E-state index is -0.289. The number of hydrogen-bond acceptors (Lipinski definition) is 6. The molecule has 0 spiro atoms. The van der Waals surface area contributed by atoms with Crippen molar-refractivity contribution >= 4 is 33.2 Å². The number of fused-ring (bicyclic) bond motifs is 1. The normalized spacial score (nSPS) is 15.1. The van der Waals surface area contributed by atoms with Crippen molar-refractivity contribution in [2.75, 3.05) is 18.0 Å². The van der Waals surface area contributed by atoms with E-state index >= 15 is 0 Å². The van der Waals surface area contributed by atoms with E-state index in [2.05, 4.69) is 49.2 Å². The van der Waals surface area contributed by atoms with Crippen molar-refractivity contribution in [2.45, 2.75) is 25.3 Å². The summed E-state index contributed by atoms with van der Waals surface area (Å²) in [5.74, 6) is 0.748. The fourth-order valence-corrected chi connectivity index (χ4v) is 4.74. The van der Waals surface area contributed by atoms with E-state index in [0.29, 0.717) is 11.3 Å². The Hall–Kier alpha value is -3.77. The van der Waals surface area contributed by atoms with Gasteiger partial charge in [0.05, 0.1) is 17.3 Å². The van der Waals surface area contributed by atoms with Gasteiger partial charge < -0.3 is 10.2 Å². The maximum atomic E-state index is 12.6. The van der Waals surface area contributed by atoms with Gasteiger partial charge in [-0.15, -0.1) is 0 Å².